The summed E-state index contributed by atoms with van der Waals surface area (Å²) in [5.41, 5.74) is 5.87. The van der Waals surface area contributed by atoms with Gasteiger partial charge in [-0.3, -0.25) is 9.59 Å². The smallest absolute Gasteiger partial charge is 0.305 e. The van der Waals surface area contributed by atoms with Gasteiger partial charge in [-0.25, -0.2) is 4.68 Å². The molecular weight excluding hydrogens is 212 g/mol. The number of hydrogen-bond acceptors (Lipinski definition) is 5. The molecule has 1 aromatic rings. The molecule has 0 unspecified atom stereocenters. The number of rotatable bonds is 5. The monoisotopic (exact) mass is 226 g/mol. The number of carbonyl (C=O) groups is 2. The summed E-state index contributed by atoms with van der Waals surface area (Å²) in [6, 6.07) is 0. The van der Waals surface area contributed by atoms with Crippen LogP contribution >= 0.6 is 0 Å². The number of primary amides is 1. The molecule has 0 spiro atoms. The zero-order chi connectivity index (χ0) is 12.1. The molecule has 2 N–H and O–H groups in total. The molecule has 0 aliphatic heterocycles. The highest BCUT2D eigenvalue weighted by Crippen LogP contribution is 2.04. The topological polar surface area (TPSA) is 100 Å². The standard InChI is InChI=1S/C9H14N4O3/c1-6-8(9(10)15)11-12-13(6)5-3-4-7(14)16-2/h3-5H2,1-2H3,(H2,10,15). The highest BCUT2D eigenvalue weighted by atomic mass is 16.5. The van der Waals surface area contributed by atoms with Gasteiger partial charge in [-0.1, -0.05) is 5.21 Å². The maximum absolute atomic E-state index is 10.9. The highest BCUT2D eigenvalue weighted by Gasteiger charge is 2.13. The second-order valence-corrected chi connectivity index (χ2v) is 3.29. The largest absolute Gasteiger partial charge is 0.469 e. The lowest BCUT2D eigenvalue weighted by atomic mass is 10.3. The van der Waals surface area contributed by atoms with E-state index in [0.717, 1.165) is 0 Å². The molecule has 1 rings (SSSR count). The van der Waals surface area contributed by atoms with Crippen LogP contribution in [0, 0.1) is 6.92 Å². The van der Waals surface area contributed by atoms with Gasteiger partial charge in [-0.15, -0.1) is 5.10 Å². The maximum atomic E-state index is 10.9. The van der Waals surface area contributed by atoms with Crippen LogP contribution in [-0.2, 0) is 16.1 Å². The molecule has 0 saturated heterocycles. The molecule has 88 valence electrons. The van der Waals surface area contributed by atoms with Crippen molar-refractivity contribution in [2.24, 2.45) is 5.73 Å². The predicted molar refractivity (Wildman–Crippen MR) is 54.5 cm³/mol. The normalized spacial score (nSPS) is 10.1. The number of nitrogens with two attached hydrogens (primary N) is 1. The summed E-state index contributed by atoms with van der Waals surface area (Å²) in [7, 11) is 1.34. The second-order valence-electron chi connectivity index (χ2n) is 3.29. The lowest BCUT2D eigenvalue weighted by Crippen LogP contribution is -2.13. The lowest BCUT2D eigenvalue weighted by molar-refractivity contribution is -0.140. The summed E-state index contributed by atoms with van der Waals surface area (Å²) in [6.45, 7) is 2.21. The lowest BCUT2D eigenvalue weighted by Gasteiger charge is -2.02. The second kappa shape index (κ2) is 5.24. The van der Waals surface area contributed by atoms with Crippen molar-refractivity contribution in [2.75, 3.05) is 7.11 Å². The minimum Gasteiger partial charge on any atom is -0.469 e. The molecule has 7 heteroatoms. The average molecular weight is 226 g/mol. The molecule has 1 heterocycles. The van der Waals surface area contributed by atoms with Gasteiger partial charge in [0, 0.05) is 13.0 Å². The van der Waals surface area contributed by atoms with E-state index in [1.54, 1.807) is 11.6 Å². The first-order valence-electron chi connectivity index (χ1n) is 4.83. The number of methoxy groups -OCH3 is 1. The summed E-state index contributed by atoms with van der Waals surface area (Å²) in [5, 5.41) is 7.43. The zero-order valence-corrected chi connectivity index (χ0v) is 9.27. The van der Waals surface area contributed by atoms with Gasteiger partial charge in [-0.05, 0) is 13.3 Å². The summed E-state index contributed by atoms with van der Waals surface area (Å²) >= 11 is 0. The van der Waals surface area contributed by atoms with E-state index in [-0.39, 0.29) is 11.7 Å². The van der Waals surface area contributed by atoms with E-state index >= 15 is 0 Å². The molecule has 0 fully saturated rings. The average Bonchev–Trinajstić information content (AvgIpc) is 2.60. The Morgan fingerprint density at radius 2 is 2.19 bits per heavy atom. The Morgan fingerprint density at radius 3 is 2.69 bits per heavy atom. The molecule has 0 radical (unpaired) electrons. The Balaban J connectivity index is 2.55. The molecule has 0 bridgehead atoms. The quantitative estimate of drug-likeness (QED) is 0.691. The van der Waals surface area contributed by atoms with Crippen molar-refractivity contribution in [1.29, 1.82) is 0 Å². The number of amides is 1. The zero-order valence-electron chi connectivity index (χ0n) is 9.27. The van der Waals surface area contributed by atoms with E-state index in [1.165, 1.54) is 7.11 Å². The molecule has 0 aliphatic rings. The van der Waals surface area contributed by atoms with Crippen LogP contribution in [-0.4, -0.2) is 34.0 Å². The Bertz CT molecular complexity index is 399. The maximum Gasteiger partial charge on any atom is 0.305 e. The molecule has 7 nitrogen and oxygen atoms in total. The van der Waals surface area contributed by atoms with Gasteiger partial charge in [0.2, 0.25) is 0 Å². The Hall–Kier alpha value is -1.92. The van der Waals surface area contributed by atoms with Gasteiger partial charge in [0.05, 0.1) is 12.8 Å². The van der Waals surface area contributed by atoms with Crippen molar-refractivity contribution >= 4 is 11.9 Å². The fourth-order valence-electron chi connectivity index (χ4n) is 1.28. The van der Waals surface area contributed by atoms with Crippen LogP contribution in [0.4, 0.5) is 0 Å². The van der Waals surface area contributed by atoms with E-state index in [4.69, 9.17) is 5.73 Å². The van der Waals surface area contributed by atoms with E-state index in [1.807, 2.05) is 0 Å². The first-order chi connectivity index (χ1) is 7.56. The molecule has 1 aromatic heterocycles. The molecule has 0 aromatic carbocycles. The van der Waals surface area contributed by atoms with Crippen LogP contribution in [0.25, 0.3) is 0 Å². The van der Waals surface area contributed by atoms with Gasteiger partial charge in [0.1, 0.15) is 0 Å². The minimum absolute atomic E-state index is 0.165. The van der Waals surface area contributed by atoms with E-state index in [0.29, 0.717) is 25.1 Å². The SMILES string of the molecule is COC(=O)CCCn1nnc(C(N)=O)c1C. The minimum atomic E-state index is -0.600. The molecular formula is C9H14N4O3. The Labute approximate surface area is 92.6 Å². The van der Waals surface area contributed by atoms with Crippen molar-refractivity contribution in [2.45, 2.75) is 26.3 Å². The van der Waals surface area contributed by atoms with Crippen LogP contribution in [0.5, 0.6) is 0 Å². The van der Waals surface area contributed by atoms with Crippen molar-refractivity contribution in [3.63, 3.8) is 0 Å². The summed E-state index contributed by atoms with van der Waals surface area (Å²) < 4.78 is 6.05. The molecule has 1 amide bonds. The van der Waals surface area contributed by atoms with Gasteiger partial charge < -0.3 is 10.5 Å². The van der Waals surface area contributed by atoms with Crippen molar-refractivity contribution < 1.29 is 14.3 Å². The first-order valence-corrected chi connectivity index (χ1v) is 4.83. The molecule has 0 saturated carbocycles. The predicted octanol–water partition coefficient (Wildman–Crippen LogP) is -0.361. The van der Waals surface area contributed by atoms with Crippen molar-refractivity contribution in [3.8, 4) is 0 Å². The molecule has 16 heavy (non-hydrogen) atoms. The third kappa shape index (κ3) is 2.78. The number of aryl methyl sites for hydroxylation is 1. The Morgan fingerprint density at radius 1 is 1.50 bits per heavy atom. The third-order valence-corrected chi connectivity index (χ3v) is 2.19. The fraction of sp³-hybridized carbons (Fsp3) is 0.556. The first kappa shape index (κ1) is 12.2. The number of ether oxygens (including phenoxy) is 1. The number of nitrogens with zero attached hydrogens (tertiary/aromatic N) is 3. The van der Waals surface area contributed by atoms with Gasteiger partial charge in [0.25, 0.3) is 5.91 Å². The molecule has 0 aliphatic carbocycles. The summed E-state index contributed by atoms with van der Waals surface area (Å²) in [4.78, 5) is 21.8. The van der Waals surface area contributed by atoms with Crippen LogP contribution in [0.1, 0.15) is 29.0 Å². The van der Waals surface area contributed by atoms with Crippen molar-refractivity contribution in [1.82, 2.24) is 15.0 Å². The third-order valence-electron chi connectivity index (χ3n) is 2.19. The van der Waals surface area contributed by atoms with E-state index in [2.05, 4.69) is 15.0 Å². The van der Waals surface area contributed by atoms with Crippen LogP contribution in [0.15, 0.2) is 0 Å². The highest BCUT2D eigenvalue weighted by molar-refractivity contribution is 5.91. The number of aromatic nitrogens is 3. The van der Waals surface area contributed by atoms with Crippen LogP contribution in [0.3, 0.4) is 0 Å². The van der Waals surface area contributed by atoms with Gasteiger partial charge in [-0.2, -0.15) is 0 Å². The summed E-state index contributed by atoms with van der Waals surface area (Å²) in [6.07, 6.45) is 0.886. The number of hydrogen-bond donors (Lipinski definition) is 1. The number of esters is 1. The van der Waals surface area contributed by atoms with Crippen LogP contribution in [0.2, 0.25) is 0 Å². The van der Waals surface area contributed by atoms with E-state index in [9.17, 15) is 9.59 Å². The van der Waals surface area contributed by atoms with Gasteiger partial charge in [0.15, 0.2) is 5.69 Å². The Kier molecular flexibility index (Phi) is 3.98. The van der Waals surface area contributed by atoms with E-state index < -0.39 is 5.91 Å². The number of carbonyl (C=O) groups excluding carboxylic acids is 2. The molecule has 0 atom stereocenters. The van der Waals surface area contributed by atoms with Crippen LogP contribution < -0.4 is 5.73 Å². The fourth-order valence-corrected chi connectivity index (χ4v) is 1.28. The van der Waals surface area contributed by atoms with Gasteiger partial charge >= 0.3 is 5.97 Å². The van der Waals surface area contributed by atoms with Crippen molar-refractivity contribution in [3.05, 3.63) is 11.4 Å². The summed E-state index contributed by atoms with van der Waals surface area (Å²) in [5.74, 6) is -0.871.